The number of nitrogens with one attached hydrogen (secondary N) is 1. The average molecular weight is 251 g/mol. The van der Waals surface area contributed by atoms with Crippen LogP contribution < -0.4 is 5.32 Å². The normalized spacial score (nSPS) is 23.2. The molecule has 2 fully saturated rings. The van der Waals surface area contributed by atoms with Crippen LogP contribution in [0.25, 0.3) is 0 Å². The third-order valence-electron chi connectivity index (χ3n) is 5.10. The van der Waals surface area contributed by atoms with Crippen molar-refractivity contribution in [3.63, 3.8) is 0 Å². The summed E-state index contributed by atoms with van der Waals surface area (Å²) >= 11 is 0. The summed E-state index contributed by atoms with van der Waals surface area (Å²) in [5, 5.41) is 3.10. The van der Waals surface area contributed by atoms with Gasteiger partial charge in [0.05, 0.1) is 0 Å². The molecule has 0 heterocycles. The molecule has 2 saturated carbocycles. The Kier molecular flexibility index (Phi) is 5.52. The summed E-state index contributed by atoms with van der Waals surface area (Å²) < 4.78 is 0. The maximum atomic E-state index is 11.2. The average Bonchev–Trinajstić information content (AvgIpc) is 2.41. The SMILES string of the molecule is CC(=O)NCC(C1CCCCC1)C1CCCCC1. The molecule has 2 aliphatic carbocycles. The maximum absolute atomic E-state index is 11.2. The van der Waals surface area contributed by atoms with Crippen molar-refractivity contribution in [2.45, 2.75) is 71.1 Å². The molecule has 18 heavy (non-hydrogen) atoms. The van der Waals surface area contributed by atoms with Crippen molar-refractivity contribution < 1.29 is 4.79 Å². The van der Waals surface area contributed by atoms with Gasteiger partial charge in [0.1, 0.15) is 0 Å². The lowest BCUT2D eigenvalue weighted by Gasteiger charge is -2.38. The first-order valence-electron chi connectivity index (χ1n) is 8.02. The van der Waals surface area contributed by atoms with Crippen molar-refractivity contribution in [1.82, 2.24) is 5.32 Å². The van der Waals surface area contributed by atoms with Crippen LogP contribution in [0.2, 0.25) is 0 Å². The van der Waals surface area contributed by atoms with Gasteiger partial charge in [-0.25, -0.2) is 0 Å². The van der Waals surface area contributed by atoms with E-state index in [4.69, 9.17) is 0 Å². The summed E-state index contributed by atoms with van der Waals surface area (Å²) in [6.45, 7) is 2.59. The molecular weight excluding hydrogens is 222 g/mol. The van der Waals surface area contributed by atoms with Crippen LogP contribution in [0.3, 0.4) is 0 Å². The monoisotopic (exact) mass is 251 g/mol. The van der Waals surface area contributed by atoms with E-state index in [0.29, 0.717) is 0 Å². The van der Waals surface area contributed by atoms with Crippen molar-refractivity contribution >= 4 is 5.91 Å². The van der Waals surface area contributed by atoms with E-state index in [9.17, 15) is 4.79 Å². The molecule has 0 aliphatic heterocycles. The summed E-state index contributed by atoms with van der Waals surface area (Å²) in [6.07, 6.45) is 14.1. The second-order valence-electron chi connectivity index (χ2n) is 6.40. The number of rotatable bonds is 4. The van der Waals surface area contributed by atoms with Crippen LogP contribution in [-0.4, -0.2) is 12.5 Å². The molecule has 0 aromatic heterocycles. The van der Waals surface area contributed by atoms with Crippen molar-refractivity contribution in [2.75, 3.05) is 6.54 Å². The standard InChI is InChI=1S/C16H29NO/c1-13(18)17-12-16(14-8-4-2-5-9-14)15-10-6-3-7-11-15/h14-16H,2-12H2,1H3,(H,17,18). The fourth-order valence-corrected chi connectivity index (χ4v) is 4.10. The lowest BCUT2D eigenvalue weighted by molar-refractivity contribution is -0.119. The lowest BCUT2D eigenvalue weighted by atomic mass is 9.69. The summed E-state index contributed by atoms with van der Waals surface area (Å²) in [4.78, 5) is 11.2. The minimum absolute atomic E-state index is 0.145. The molecular formula is C16H29NO. The Bertz CT molecular complexity index is 234. The molecule has 0 aromatic carbocycles. The molecule has 2 aliphatic rings. The zero-order valence-electron chi connectivity index (χ0n) is 11.9. The molecule has 104 valence electrons. The van der Waals surface area contributed by atoms with Gasteiger partial charge in [-0.05, 0) is 17.8 Å². The van der Waals surface area contributed by atoms with Crippen LogP contribution >= 0.6 is 0 Å². The molecule has 0 spiro atoms. The van der Waals surface area contributed by atoms with Crippen molar-refractivity contribution in [3.05, 3.63) is 0 Å². The van der Waals surface area contributed by atoms with Gasteiger partial charge >= 0.3 is 0 Å². The molecule has 0 atom stereocenters. The highest BCUT2D eigenvalue weighted by Gasteiger charge is 2.31. The van der Waals surface area contributed by atoms with Crippen LogP contribution in [0.15, 0.2) is 0 Å². The topological polar surface area (TPSA) is 29.1 Å². The van der Waals surface area contributed by atoms with Gasteiger partial charge in [-0.3, -0.25) is 4.79 Å². The van der Waals surface area contributed by atoms with E-state index in [1.54, 1.807) is 6.92 Å². The maximum Gasteiger partial charge on any atom is 0.216 e. The minimum Gasteiger partial charge on any atom is -0.356 e. The van der Waals surface area contributed by atoms with Crippen molar-refractivity contribution in [3.8, 4) is 0 Å². The Morgan fingerprint density at radius 2 is 1.39 bits per heavy atom. The molecule has 0 radical (unpaired) electrons. The molecule has 0 unspecified atom stereocenters. The molecule has 2 rings (SSSR count). The first kappa shape index (κ1) is 13.9. The van der Waals surface area contributed by atoms with E-state index < -0.39 is 0 Å². The smallest absolute Gasteiger partial charge is 0.216 e. The van der Waals surface area contributed by atoms with Crippen LogP contribution in [0.4, 0.5) is 0 Å². The van der Waals surface area contributed by atoms with E-state index in [1.165, 1.54) is 64.2 Å². The van der Waals surface area contributed by atoms with E-state index in [1.807, 2.05) is 0 Å². The van der Waals surface area contributed by atoms with Gasteiger partial charge in [0.15, 0.2) is 0 Å². The quantitative estimate of drug-likeness (QED) is 0.806. The van der Waals surface area contributed by atoms with Crippen molar-refractivity contribution in [2.24, 2.45) is 17.8 Å². The molecule has 1 N–H and O–H groups in total. The predicted molar refractivity (Wildman–Crippen MR) is 75.3 cm³/mol. The lowest BCUT2D eigenvalue weighted by Crippen LogP contribution is -2.37. The molecule has 2 nitrogen and oxygen atoms in total. The van der Waals surface area contributed by atoms with Crippen molar-refractivity contribution in [1.29, 1.82) is 0 Å². The van der Waals surface area contributed by atoms with Gasteiger partial charge in [-0.2, -0.15) is 0 Å². The fourth-order valence-electron chi connectivity index (χ4n) is 4.10. The number of hydrogen-bond acceptors (Lipinski definition) is 1. The minimum atomic E-state index is 0.145. The van der Waals surface area contributed by atoms with Gasteiger partial charge < -0.3 is 5.32 Å². The van der Waals surface area contributed by atoms with Gasteiger partial charge in [-0.15, -0.1) is 0 Å². The molecule has 1 amide bonds. The van der Waals surface area contributed by atoms with Gasteiger partial charge in [0, 0.05) is 13.5 Å². The van der Waals surface area contributed by atoms with E-state index in [2.05, 4.69) is 5.32 Å². The largest absolute Gasteiger partial charge is 0.356 e. The Balaban J connectivity index is 1.93. The Hall–Kier alpha value is -0.530. The number of carbonyl (C=O) groups excluding carboxylic acids is 1. The van der Waals surface area contributed by atoms with Gasteiger partial charge in [-0.1, -0.05) is 64.2 Å². The fraction of sp³-hybridized carbons (Fsp3) is 0.938. The second-order valence-corrected chi connectivity index (χ2v) is 6.40. The summed E-state index contributed by atoms with van der Waals surface area (Å²) in [6, 6.07) is 0. The summed E-state index contributed by atoms with van der Waals surface area (Å²) in [5.41, 5.74) is 0. The number of carbonyl (C=O) groups is 1. The molecule has 0 bridgehead atoms. The Morgan fingerprint density at radius 1 is 0.944 bits per heavy atom. The highest BCUT2D eigenvalue weighted by Crippen LogP contribution is 2.39. The van der Waals surface area contributed by atoms with E-state index >= 15 is 0 Å². The zero-order valence-corrected chi connectivity index (χ0v) is 11.9. The van der Waals surface area contributed by atoms with Crippen LogP contribution in [-0.2, 0) is 4.79 Å². The van der Waals surface area contributed by atoms with Crippen LogP contribution in [0.5, 0.6) is 0 Å². The highest BCUT2D eigenvalue weighted by atomic mass is 16.1. The third-order valence-corrected chi connectivity index (χ3v) is 5.10. The highest BCUT2D eigenvalue weighted by molar-refractivity contribution is 5.72. The van der Waals surface area contributed by atoms with Crippen LogP contribution in [0.1, 0.15) is 71.1 Å². The molecule has 0 aromatic rings. The zero-order chi connectivity index (χ0) is 12.8. The molecule has 2 heteroatoms. The van der Waals surface area contributed by atoms with E-state index in [-0.39, 0.29) is 5.91 Å². The van der Waals surface area contributed by atoms with Crippen LogP contribution in [0, 0.1) is 17.8 Å². The molecule has 0 saturated heterocycles. The Labute approximate surface area is 112 Å². The first-order valence-corrected chi connectivity index (χ1v) is 8.02. The van der Waals surface area contributed by atoms with E-state index in [0.717, 1.165) is 24.3 Å². The number of hydrogen-bond donors (Lipinski definition) is 1. The Morgan fingerprint density at radius 3 is 1.78 bits per heavy atom. The first-order chi connectivity index (χ1) is 8.77. The van der Waals surface area contributed by atoms with Gasteiger partial charge in [0.25, 0.3) is 0 Å². The predicted octanol–water partition coefficient (Wildman–Crippen LogP) is 3.90. The third kappa shape index (κ3) is 4.00. The number of amides is 1. The van der Waals surface area contributed by atoms with Gasteiger partial charge in [0.2, 0.25) is 5.91 Å². The summed E-state index contributed by atoms with van der Waals surface area (Å²) in [5.74, 6) is 2.67. The summed E-state index contributed by atoms with van der Waals surface area (Å²) in [7, 11) is 0. The second kappa shape index (κ2) is 7.16.